The van der Waals surface area contributed by atoms with Gasteiger partial charge in [0.15, 0.2) is 0 Å². The van der Waals surface area contributed by atoms with Crippen molar-refractivity contribution in [1.29, 1.82) is 0 Å². The molecule has 0 fully saturated rings. The van der Waals surface area contributed by atoms with E-state index in [0.717, 1.165) is 18.0 Å². The Labute approximate surface area is 119 Å². The van der Waals surface area contributed by atoms with Crippen molar-refractivity contribution >= 4 is 23.5 Å². The van der Waals surface area contributed by atoms with E-state index < -0.39 is 0 Å². The van der Waals surface area contributed by atoms with E-state index in [1.807, 2.05) is 24.9 Å². The molecule has 0 aliphatic carbocycles. The fourth-order valence-electron chi connectivity index (χ4n) is 1.64. The molecule has 0 amide bonds. The minimum atomic E-state index is -0.320. The van der Waals surface area contributed by atoms with E-state index in [2.05, 4.69) is 23.1 Å². The summed E-state index contributed by atoms with van der Waals surface area (Å²) in [4.78, 5) is 18.0. The van der Waals surface area contributed by atoms with Gasteiger partial charge in [0.05, 0.1) is 12.2 Å². The van der Waals surface area contributed by atoms with E-state index in [1.54, 1.807) is 19.2 Å². The van der Waals surface area contributed by atoms with Crippen molar-refractivity contribution in [1.82, 2.24) is 4.98 Å². The van der Waals surface area contributed by atoms with Crippen molar-refractivity contribution in [3.63, 3.8) is 0 Å². The second-order valence-corrected chi connectivity index (χ2v) is 5.35. The molecule has 1 rings (SSSR count). The highest BCUT2D eigenvalue weighted by molar-refractivity contribution is 7.98. The topological polar surface area (TPSA) is 42.4 Å². The maximum atomic E-state index is 11.5. The summed E-state index contributed by atoms with van der Waals surface area (Å²) in [6, 6.07) is 4.05. The van der Waals surface area contributed by atoms with Crippen LogP contribution in [-0.4, -0.2) is 42.7 Å². The molecule has 19 heavy (non-hydrogen) atoms. The van der Waals surface area contributed by atoms with E-state index >= 15 is 0 Å². The summed E-state index contributed by atoms with van der Waals surface area (Å²) in [6.45, 7) is 4.35. The van der Waals surface area contributed by atoms with Gasteiger partial charge in [0.25, 0.3) is 0 Å². The monoisotopic (exact) mass is 282 g/mol. The smallest absolute Gasteiger partial charge is 0.339 e. The Balaban J connectivity index is 2.67. The van der Waals surface area contributed by atoms with E-state index in [1.165, 1.54) is 0 Å². The second kappa shape index (κ2) is 8.04. The normalized spacial score (nSPS) is 12.0. The Hall–Kier alpha value is -1.23. The van der Waals surface area contributed by atoms with Crippen molar-refractivity contribution in [2.24, 2.45) is 0 Å². The van der Waals surface area contributed by atoms with Crippen LogP contribution in [0.5, 0.6) is 0 Å². The van der Waals surface area contributed by atoms with Crippen LogP contribution in [0.15, 0.2) is 18.3 Å². The minimum Gasteiger partial charge on any atom is -0.462 e. The Kier molecular flexibility index (Phi) is 6.70. The fourth-order valence-corrected chi connectivity index (χ4v) is 2.21. The number of ether oxygens (including phenoxy) is 1. The van der Waals surface area contributed by atoms with E-state index in [0.29, 0.717) is 18.2 Å². The van der Waals surface area contributed by atoms with Crippen LogP contribution in [0, 0.1) is 0 Å². The molecule has 0 saturated carbocycles. The lowest BCUT2D eigenvalue weighted by Crippen LogP contribution is -2.30. The molecule has 0 N–H and O–H groups in total. The molecule has 0 aliphatic rings. The van der Waals surface area contributed by atoms with Gasteiger partial charge in [-0.05, 0) is 44.4 Å². The van der Waals surface area contributed by atoms with Crippen LogP contribution in [0.4, 0.5) is 5.82 Å². The maximum absolute atomic E-state index is 11.5. The number of nitrogens with zero attached hydrogens (tertiary/aromatic N) is 2. The molecule has 1 heterocycles. The number of pyridine rings is 1. The van der Waals surface area contributed by atoms with Gasteiger partial charge in [-0.2, -0.15) is 11.8 Å². The third-order valence-electron chi connectivity index (χ3n) is 3.02. The Bertz CT molecular complexity index is 395. The average molecular weight is 282 g/mol. The molecule has 106 valence electrons. The van der Waals surface area contributed by atoms with Gasteiger partial charge in [-0.1, -0.05) is 0 Å². The maximum Gasteiger partial charge on any atom is 0.339 e. The van der Waals surface area contributed by atoms with Crippen LogP contribution in [0.2, 0.25) is 0 Å². The molecule has 0 saturated heterocycles. The van der Waals surface area contributed by atoms with Crippen molar-refractivity contribution in [2.45, 2.75) is 26.3 Å². The molecule has 0 spiro atoms. The molecule has 1 aromatic rings. The number of hydrogen-bond acceptors (Lipinski definition) is 5. The largest absolute Gasteiger partial charge is 0.462 e. The quantitative estimate of drug-likeness (QED) is 0.719. The van der Waals surface area contributed by atoms with Crippen LogP contribution in [-0.2, 0) is 4.74 Å². The third kappa shape index (κ3) is 4.74. The Morgan fingerprint density at radius 2 is 2.26 bits per heavy atom. The number of hydrogen-bond donors (Lipinski definition) is 0. The van der Waals surface area contributed by atoms with Crippen LogP contribution < -0.4 is 4.90 Å². The number of carbonyl (C=O) groups is 1. The standard InChI is InChI=1S/C14H22N2O2S/c1-5-18-14(17)12-6-7-13(15-10-12)16(3)11(2)8-9-19-4/h6-7,10-11H,5,8-9H2,1-4H3. The summed E-state index contributed by atoms with van der Waals surface area (Å²) in [5.74, 6) is 1.69. The van der Waals surface area contributed by atoms with Gasteiger partial charge in [0.2, 0.25) is 0 Å². The summed E-state index contributed by atoms with van der Waals surface area (Å²) in [6.07, 6.45) is 4.79. The molecule has 1 aromatic heterocycles. The number of esters is 1. The molecule has 5 heteroatoms. The first-order valence-electron chi connectivity index (χ1n) is 6.45. The van der Waals surface area contributed by atoms with E-state index in [9.17, 15) is 4.79 Å². The molecule has 1 unspecified atom stereocenters. The molecule has 0 bridgehead atoms. The molecule has 0 aliphatic heterocycles. The van der Waals surface area contributed by atoms with Crippen LogP contribution in [0.3, 0.4) is 0 Å². The molecule has 4 nitrogen and oxygen atoms in total. The van der Waals surface area contributed by atoms with Gasteiger partial charge in [0.1, 0.15) is 5.82 Å². The lowest BCUT2D eigenvalue weighted by atomic mass is 10.2. The summed E-state index contributed by atoms with van der Waals surface area (Å²) in [7, 11) is 2.03. The predicted molar refractivity (Wildman–Crippen MR) is 81.1 cm³/mol. The molecule has 1 atom stereocenters. The fraction of sp³-hybridized carbons (Fsp3) is 0.571. The predicted octanol–water partition coefficient (Wildman–Crippen LogP) is 2.84. The summed E-state index contributed by atoms with van der Waals surface area (Å²) in [5.41, 5.74) is 0.496. The highest BCUT2D eigenvalue weighted by Crippen LogP contribution is 2.15. The van der Waals surface area contributed by atoms with Crippen molar-refractivity contribution in [3.8, 4) is 0 Å². The third-order valence-corrected chi connectivity index (χ3v) is 3.67. The van der Waals surface area contributed by atoms with Crippen molar-refractivity contribution < 1.29 is 9.53 Å². The van der Waals surface area contributed by atoms with Crippen molar-refractivity contribution in [2.75, 3.05) is 30.6 Å². The SMILES string of the molecule is CCOC(=O)c1ccc(N(C)C(C)CCSC)nc1. The summed E-state index contributed by atoms with van der Waals surface area (Å²) in [5, 5.41) is 0. The first kappa shape index (κ1) is 15.8. The highest BCUT2D eigenvalue weighted by atomic mass is 32.2. The van der Waals surface area contributed by atoms with Crippen molar-refractivity contribution in [3.05, 3.63) is 23.9 Å². The second-order valence-electron chi connectivity index (χ2n) is 4.37. The van der Waals surface area contributed by atoms with Gasteiger partial charge in [-0.3, -0.25) is 0 Å². The summed E-state index contributed by atoms with van der Waals surface area (Å²) >= 11 is 1.85. The summed E-state index contributed by atoms with van der Waals surface area (Å²) < 4.78 is 4.93. The van der Waals surface area contributed by atoms with Gasteiger partial charge in [-0.25, -0.2) is 9.78 Å². The molecule has 0 aromatic carbocycles. The van der Waals surface area contributed by atoms with Gasteiger partial charge in [0, 0.05) is 19.3 Å². The average Bonchev–Trinajstić information content (AvgIpc) is 2.44. The number of thioether (sulfide) groups is 1. The number of carbonyl (C=O) groups excluding carboxylic acids is 1. The molecule has 0 radical (unpaired) electrons. The zero-order valence-corrected chi connectivity index (χ0v) is 12.9. The first-order valence-corrected chi connectivity index (χ1v) is 7.84. The Morgan fingerprint density at radius 1 is 1.53 bits per heavy atom. The van der Waals surface area contributed by atoms with E-state index in [4.69, 9.17) is 4.74 Å². The lowest BCUT2D eigenvalue weighted by molar-refractivity contribution is 0.0526. The van der Waals surface area contributed by atoms with Crippen LogP contribution in [0.1, 0.15) is 30.6 Å². The number of aromatic nitrogens is 1. The minimum absolute atomic E-state index is 0.320. The van der Waals surface area contributed by atoms with E-state index in [-0.39, 0.29) is 5.97 Å². The van der Waals surface area contributed by atoms with Gasteiger partial charge < -0.3 is 9.64 Å². The van der Waals surface area contributed by atoms with Crippen LogP contribution >= 0.6 is 11.8 Å². The number of rotatable bonds is 7. The molecular weight excluding hydrogens is 260 g/mol. The zero-order chi connectivity index (χ0) is 14.3. The van der Waals surface area contributed by atoms with Crippen LogP contribution in [0.25, 0.3) is 0 Å². The van der Waals surface area contributed by atoms with Gasteiger partial charge >= 0.3 is 5.97 Å². The number of anilines is 1. The van der Waals surface area contributed by atoms with Gasteiger partial charge in [-0.15, -0.1) is 0 Å². The highest BCUT2D eigenvalue weighted by Gasteiger charge is 2.12. The Morgan fingerprint density at radius 3 is 2.79 bits per heavy atom. The zero-order valence-electron chi connectivity index (χ0n) is 12.0. The molecular formula is C14H22N2O2S. The first-order chi connectivity index (χ1) is 9.10. The lowest BCUT2D eigenvalue weighted by Gasteiger charge is -2.25.